The van der Waals surface area contributed by atoms with Gasteiger partial charge in [0.05, 0.1) is 27.6 Å². The number of nitrogens with zero attached hydrogens (tertiary/aromatic N) is 1. The summed E-state index contributed by atoms with van der Waals surface area (Å²) < 4.78 is 69.7. The molecule has 2 N–H and O–H groups in total. The Hall–Kier alpha value is -4.00. The quantitative estimate of drug-likeness (QED) is 0.144. The minimum absolute atomic E-state index is 0.0759. The van der Waals surface area contributed by atoms with E-state index in [2.05, 4.69) is 5.32 Å². The number of alkyl halides is 3. The molecule has 0 saturated heterocycles. The smallest absolute Gasteiger partial charge is 0.417 e. The van der Waals surface area contributed by atoms with Crippen molar-refractivity contribution in [2.75, 3.05) is 16.6 Å². The van der Waals surface area contributed by atoms with Crippen LogP contribution in [0.5, 0.6) is 0 Å². The Morgan fingerprint density at radius 2 is 1.67 bits per heavy atom. The van der Waals surface area contributed by atoms with Crippen LogP contribution in [0, 0.1) is 0 Å². The van der Waals surface area contributed by atoms with Crippen molar-refractivity contribution in [3.8, 4) is 11.1 Å². The maximum atomic E-state index is 13.9. The minimum Gasteiger partial charge on any atom is -0.481 e. The van der Waals surface area contributed by atoms with Crippen LogP contribution in [0.3, 0.4) is 0 Å². The number of halogens is 4. The number of carboxylic acids is 1. The van der Waals surface area contributed by atoms with E-state index in [-0.39, 0.29) is 35.4 Å². The Labute approximate surface area is 267 Å². The van der Waals surface area contributed by atoms with Crippen molar-refractivity contribution in [1.82, 2.24) is 5.32 Å². The molecule has 5 rings (SSSR count). The molecular formula is C32H26ClF3N2O5S2. The normalized spacial score (nSPS) is 14.7. The molecule has 13 heteroatoms. The Morgan fingerprint density at radius 1 is 0.978 bits per heavy atom. The van der Waals surface area contributed by atoms with Crippen molar-refractivity contribution >= 4 is 50.9 Å². The second kappa shape index (κ2) is 13.2. The van der Waals surface area contributed by atoms with Crippen LogP contribution in [-0.4, -0.2) is 43.7 Å². The second-order valence-electron chi connectivity index (χ2n) is 10.2. The number of anilines is 1. The van der Waals surface area contributed by atoms with Gasteiger partial charge in [-0.15, -0.1) is 11.8 Å². The number of thioether (sulfide) groups is 1. The van der Waals surface area contributed by atoms with E-state index >= 15 is 0 Å². The first-order chi connectivity index (χ1) is 21.4. The van der Waals surface area contributed by atoms with Crippen LogP contribution >= 0.6 is 23.4 Å². The van der Waals surface area contributed by atoms with Gasteiger partial charge in [-0.3, -0.25) is 13.9 Å². The van der Waals surface area contributed by atoms with E-state index in [4.69, 9.17) is 16.7 Å². The van der Waals surface area contributed by atoms with E-state index in [0.717, 1.165) is 10.4 Å². The van der Waals surface area contributed by atoms with E-state index in [9.17, 15) is 31.2 Å². The van der Waals surface area contributed by atoms with Crippen LogP contribution in [0.1, 0.15) is 16.7 Å². The summed E-state index contributed by atoms with van der Waals surface area (Å²) in [5.41, 5.74) is 0.876. The molecule has 0 radical (unpaired) electrons. The van der Waals surface area contributed by atoms with E-state index in [1.54, 1.807) is 42.5 Å². The highest BCUT2D eigenvalue weighted by Crippen LogP contribution is 2.39. The van der Waals surface area contributed by atoms with Crippen LogP contribution < -0.4 is 9.62 Å². The summed E-state index contributed by atoms with van der Waals surface area (Å²) in [6, 6.07) is 20.8. The standard InChI is InChI=1S/C32H26ClF3N2O5S2/c33-26-17-20(18-30(39)40)9-14-29(26)44-16-15-37-31(41)28-19-22-5-1-4-8-27(22)38(28)45(42,43)23-12-10-21(11-13-23)24-6-2-3-7-25(24)32(34,35)36/h1-14,17,28H,15-16,18-19H2,(H,37,41)(H,39,40)/t28-/m0/s1. The van der Waals surface area contributed by atoms with Gasteiger partial charge in [-0.05, 0) is 58.7 Å². The maximum absolute atomic E-state index is 13.9. The van der Waals surface area contributed by atoms with Crippen molar-refractivity contribution in [1.29, 1.82) is 0 Å². The van der Waals surface area contributed by atoms with Crippen LogP contribution in [0.25, 0.3) is 11.1 Å². The Kier molecular flexibility index (Phi) is 9.47. The number of aliphatic carboxylic acids is 1. The van der Waals surface area contributed by atoms with E-state index in [0.29, 0.717) is 32.5 Å². The zero-order valence-corrected chi connectivity index (χ0v) is 25.8. The lowest BCUT2D eigenvalue weighted by Gasteiger charge is -2.26. The number of carbonyl (C=O) groups excluding carboxylic acids is 1. The molecule has 1 atom stereocenters. The Bertz CT molecular complexity index is 1850. The SMILES string of the molecule is O=C(O)Cc1ccc(SCCNC(=O)[C@@H]2Cc3ccccc3N2S(=O)(=O)c2ccc(-c3ccccc3C(F)(F)F)cc2)c(Cl)c1. The fourth-order valence-electron chi connectivity index (χ4n) is 5.15. The second-order valence-corrected chi connectivity index (χ2v) is 13.6. The average molecular weight is 675 g/mol. The zero-order valence-electron chi connectivity index (χ0n) is 23.4. The average Bonchev–Trinajstić information content (AvgIpc) is 3.40. The molecule has 45 heavy (non-hydrogen) atoms. The molecule has 4 aromatic carbocycles. The number of para-hydroxylation sites is 1. The molecule has 0 bridgehead atoms. The number of carbonyl (C=O) groups is 2. The number of hydrogen-bond acceptors (Lipinski definition) is 5. The summed E-state index contributed by atoms with van der Waals surface area (Å²) in [5, 5.41) is 12.1. The summed E-state index contributed by atoms with van der Waals surface area (Å²) >= 11 is 7.64. The fourth-order valence-corrected chi connectivity index (χ4v) is 7.96. The van der Waals surface area contributed by atoms with Gasteiger partial charge in [0.15, 0.2) is 0 Å². The van der Waals surface area contributed by atoms with Crippen LogP contribution in [0.15, 0.2) is 101 Å². The summed E-state index contributed by atoms with van der Waals surface area (Å²) in [5.74, 6) is -1.06. The largest absolute Gasteiger partial charge is 0.481 e. The summed E-state index contributed by atoms with van der Waals surface area (Å²) in [6.45, 7) is 0.199. The third-order valence-corrected chi connectivity index (χ3v) is 10.5. The molecule has 1 heterocycles. The maximum Gasteiger partial charge on any atom is 0.417 e. The van der Waals surface area contributed by atoms with Crippen molar-refractivity contribution in [2.24, 2.45) is 0 Å². The third kappa shape index (κ3) is 7.13. The number of carboxylic acid groups (broad SMARTS) is 1. The lowest BCUT2D eigenvalue weighted by Crippen LogP contribution is -2.48. The van der Waals surface area contributed by atoms with Crippen molar-refractivity contribution in [3.05, 3.63) is 113 Å². The molecule has 1 aliphatic heterocycles. The van der Waals surface area contributed by atoms with Crippen molar-refractivity contribution in [3.63, 3.8) is 0 Å². The van der Waals surface area contributed by atoms with Crippen molar-refractivity contribution in [2.45, 2.75) is 34.9 Å². The minimum atomic E-state index is -4.58. The molecule has 0 spiro atoms. The van der Waals surface area contributed by atoms with Crippen LogP contribution in [-0.2, 0) is 38.6 Å². The van der Waals surface area contributed by atoms with Gasteiger partial charge in [0.1, 0.15) is 6.04 Å². The predicted octanol–water partition coefficient (Wildman–Crippen LogP) is 6.68. The van der Waals surface area contributed by atoms with Gasteiger partial charge < -0.3 is 10.4 Å². The van der Waals surface area contributed by atoms with E-state index in [1.165, 1.54) is 54.2 Å². The lowest BCUT2D eigenvalue weighted by atomic mass is 9.99. The van der Waals surface area contributed by atoms with Gasteiger partial charge in [-0.1, -0.05) is 66.2 Å². The van der Waals surface area contributed by atoms with Crippen LogP contribution in [0.4, 0.5) is 18.9 Å². The van der Waals surface area contributed by atoms with E-state index < -0.39 is 39.7 Å². The number of amides is 1. The number of sulfonamides is 1. The summed E-state index contributed by atoms with van der Waals surface area (Å²) in [7, 11) is -4.29. The summed E-state index contributed by atoms with van der Waals surface area (Å²) in [4.78, 5) is 24.9. The monoisotopic (exact) mass is 674 g/mol. The number of benzene rings is 4. The molecule has 234 valence electrons. The number of nitrogens with one attached hydrogen (secondary N) is 1. The lowest BCUT2D eigenvalue weighted by molar-refractivity contribution is -0.137. The molecule has 0 aliphatic carbocycles. The molecule has 7 nitrogen and oxygen atoms in total. The highest BCUT2D eigenvalue weighted by atomic mass is 35.5. The van der Waals surface area contributed by atoms with Gasteiger partial charge in [0, 0.05) is 23.6 Å². The molecule has 0 fully saturated rings. The predicted molar refractivity (Wildman–Crippen MR) is 167 cm³/mol. The summed E-state index contributed by atoms with van der Waals surface area (Å²) in [6.07, 6.45) is -4.60. The first-order valence-corrected chi connectivity index (χ1v) is 16.5. The molecule has 0 saturated carbocycles. The van der Waals surface area contributed by atoms with Crippen molar-refractivity contribution < 1.29 is 36.3 Å². The molecular weight excluding hydrogens is 649 g/mol. The highest BCUT2D eigenvalue weighted by Gasteiger charge is 2.42. The molecule has 0 aromatic heterocycles. The van der Waals surface area contributed by atoms with Gasteiger partial charge >= 0.3 is 12.1 Å². The first-order valence-electron chi connectivity index (χ1n) is 13.7. The molecule has 4 aromatic rings. The molecule has 1 aliphatic rings. The zero-order chi connectivity index (χ0) is 32.4. The number of rotatable bonds is 10. The molecule has 1 amide bonds. The number of hydrogen-bond donors (Lipinski definition) is 2. The Balaban J connectivity index is 1.32. The molecule has 0 unspecified atom stereocenters. The first kappa shape index (κ1) is 32.4. The Morgan fingerprint density at radius 3 is 2.36 bits per heavy atom. The topological polar surface area (TPSA) is 104 Å². The van der Waals surface area contributed by atoms with Crippen LogP contribution in [0.2, 0.25) is 5.02 Å². The van der Waals surface area contributed by atoms with Gasteiger partial charge in [0.2, 0.25) is 5.91 Å². The highest BCUT2D eigenvalue weighted by molar-refractivity contribution is 7.99. The third-order valence-electron chi connectivity index (χ3n) is 7.19. The van der Waals surface area contributed by atoms with Gasteiger partial charge in [0.25, 0.3) is 10.0 Å². The fraction of sp³-hybridized carbons (Fsp3) is 0.188. The van der Waals surface area contributed by atoms with Gasteiger partial charge in [-0.25, -0.2) is 8.42 Å². The number of fused-ring (bicyclic) bond motifs is 1. The van der Waals surface area contributed by atoms with Gasteiger partial charge in [-0.2, -0.15) is 13.2 Å². The van der Waals surface area contributed by atoms with E-state index in [1.807, 2.05) is 0 Å².